The van der Waals surface area contributed by atoms with Crippen molar-refractivity contribution in [3.8, 4) is 5.69 Å². The van der Waals surface area contributed by atoms with Crippen LogP contribution in [0.2, 0.25) is 0 Å². The number of hydrogen-bond acceptors (Lipinski definition) is 3. The Morgan fingerprint density at radius 1 is 1.33 bits per heavy atom. The van der Waals surface area contributed by atoms with Crippen LogP contribution in [-0.4, -0.2) is 44.3 Å². The van der Waals surface area contributed by atoms with Gasteiger partial charge in [-0.15, -0.1) is 0 Å². The van der Waals surface area contributed by atoms with E-state index in [-0.39, 0.29) is 5.91 Å². The number of aliphatic carboxylic acids is 1. The molecule has 0 bridgehead atoms. The first-order valence-electron chi connectivity index (χ1n) is 7.83. The predicted octanol–water partition coefficient (Wildman–Crippen LogP) is 3.02. The van der Waals surface area contributed by atoms with Crippen LogP contribution in [0.25, 0.3) is 5.69 Å². The molecule has 2 heterocycles. The Labute approximate surface area is 148 Å². The van der Waals surface area contributed by atoms with E-state index in [4.69, 9.17) is 0 Å². The fourth-order valence-corrected chi connectivity index (χ4v) is 3.46. The minimum atomic E-state index is -0.944. The first kappa shape index (κ1) is 16.7. The van der Waals surface area contributed by atoms with Crippen LogP contribution < -0.4 is 0 Å². The van der Waals surface area contributed by atoms with Crippen molar-refractivity contribution in [1.29, 1.82) is 0 Å². The number of hydrogen-bond donors (Lipinski definition) is 1. The maximum absolute atomic E-state index is 12.8. The number of rotatable bonds is 3. The Hall–Kier alpha value is -2.15. The summed E-state index contributed by atoms with van der Waals surface area (Å²) in [6.45, 7) is 2.29. The number of carbonyl (C=O) groups excluding carboxylic acids is 1. The van der Waals surface area contributed by atoms with Gasteiger partial charge in [0.05, 0.1) is 23.1 Å². The van der Waals surface area contributed by atoms with Crippen molar-refractivity contribution in [3.05, 3.63) is 46.2 Å². The van der Waals surface area contributed by atoms with Crippen molar-refractivity contribution < 1.29 is 14.7 Å². The largest absolute Gasteiger partial charge is 0.480 e. The molecule has 0 radical (unpaired) electrons. The van der Waals surface area contributed by atoms with E-state index in [1.807, 2.05) is 31.2 Å². The smallest absolute Gasteiger partial charge is 0.326 e. The lowest BCUT2D eigenvalue weighted by Gasteiger charge is -2.32. The second-order valence-electron chi connectivity index (χ2n) is 5.88. The number of halogens is 1. The molecule has 1 aliphatic heterocycles. The van der Waals surface area contributed by atoms with Crippen molar-refractivity contribution in [2.45, 2.75) is 32.2 Å². The third-order valence-electron chi connectivity index (χ3n) is 4.34. The van der Waals surface area contributed by atoms with Gasteiger partial charge < -0.3 is 10.0 Å². The molecule has 1 amide bonds. The molecular weight excluding hydrogens is 374 g/mol. The molecule has 0 aliphatic carbocycles. The number of carboxylic acids is 1. The maximum atomic E-state index is 12.8. The molecule has 1 atom stereocenters. The lowest BCUT2D eigenvalue weighted by Crippen LogP contribution is -2.48. The van der Waals surface area contributed by atoms with Gasteiger partial charge in [-0.1, -0.05) is 22.0 Å². The quantitative estimate of drug-likeness (QED) is 0.872. The van der Waals surface area contributed by atoms with Crippen molar-refractivity contribution in [3.63, 3.8) is 0 Å². The first-order valence-corrected chi connectivity index (χ1v) is 8.62. The molecule has 1 aliphatic rings. The molecule has 3 rings (SSSR count). The number of carbonyl (C=O) groups is 2. The standard InChI is InChI=1S/C17H18BrN3O3/c1-11-14(10-19-21(11)13-6-4-5-12(18)9-13)16(22)20-8-3-2-7-15(20)17(23)24/h4-6,9-10,15H,2-3,7-8H2,1H3,(H,23,24). The average Bonchev–Trinajstić information content (AvgIpc) is 2.95. The summed E-state index contributed by atoms with van der Waals surface area (Å²) in [7, 11) is 0. The van der Waals surface area contributed by atoms with E-state index in [1.165, 1.54) is 11.1 Å². The number of likely N-dealkylation sites (tertiary alicyclic amines) is 1. The topological polar surface area (TPSA) is 75.4 Å². The average molecular weight is 392 g/mol. The number of piperidine rings is 1. The van der Waals surface area contributed by atoms with Crippen LogP contribution in [0.1, 0.15) is 35.3 Å². The SMILES string of the molecule is Cc1c(C(=O)N2CCCCC2C(=O)O)cnn1-c1cccc(Br)c1. The summed E-state index contributed by atoms with van der Waals surface area (Å²) in [6.07, 6.45) is 3.68. The second kappa shape index (κ2) is 6.76. The summed E-state index contributed by atoms with van der Waals surface area (Å²) >= 11 is 3.42. The number of carboxylic acid groups (broad SMARTS) is 1. The Morgan fingerprint density at radius 2 is 2.12 bits per heavy atom. The zero-order chi connectivity index (χ0) is 17.3. The Bertz CT molecular complexity index is 787. The molecular formula is C17H18BrN3O3. The Balaban J connectivity index is 1.92. The predicted molar refractivity (Wildman–Crippen MR) is 92.3 cm³/mol. The van der Waals surface area contributed by atoms with Crippen LogP contribution in [0, 0.1) is 6.92 Å². The van der Waals surface area contributed by atoms with Gasteiger partial charge in [-0.2, -0.15) is 5.10 Å². The van der Waals surface area contributed by atoms with Crippen LogP contribution in [-0.2, 0) is 4.79 Å². The zero-order valence-electron chi connectivity index (χ0n) is 13.3. The summed E-state index contributed by atoms with van der Waals surface area (Å²) in [5.41, 5.74) is 1.99. The van der Waals surface area contributed by atoms with E-state index in [1.54, 1.807) is 4.68 Å². The van der Waals surface area contributed by atoms with Gasteiger partial charge in [-0.05, 0) is 44.4 Å². The molecule has 1 unspecified atom stereocenters. The zero-order valence-corrected chi connectivity index (χ0v) is 14.9. The van der Waals surface area contributed by atoms with Crippen LogP contribution in [0.4, 0.5) is 0 Å². The van der Waals surface area contributed by atoms with Gasteiger partial charge in [0.1, 0.15) is 6.04 Å². The minimum Gasteiger partial charge on any atom is -0.480 e. The summed E-state index contributed by atoms with van der Waals surface area (Å²) in [4.78, 5) is 25.7. The summed E-state index contributed by atoms with van der Waals surface area (Å²) in [6, 6.07) is 6.88. The number of nitrogens with zero attached hydrogens (tertiary/aromatic N) is 3. The van der Waals surface area contributed by atoms with E-state index >= 15 is 0 Å². The molecule has 0 saturated carbocycles. The minimum absolute atomic E-state index is 0.263. The third kappa shape index (κ3) is 3.08. The van der Waals surface area contributed by atoms with Crippen molar-refractivity contribution in [1.82, 2.24) is 14.7 Å². The molecule has 1 fully saturated rings. The Morgan fingerprint density at radius 3 is 2.83 bits per heavy atom. The first-order chi connectivity index (χ1) is 11.5. The highest BCUT2D eigenvalue weighted by molar-refractivity contribution is 9.10. The fraction of sp³-hybridized carbons (Fsp3) is 0.353. The van der Waals surface area contributed by atoms with Crippen LogP contribution in [0.3, 0.4) is 0 Å². The molecule has 1 saturated heterocycles. The van der Waals surface area contributed by atoms with Gasteiger partial charge in [0.25, 0.3) is 5.91 Å². The van der Waals surface area contributed by atoms with E-state index in [2.05, 4.69) is 21.0 Å². The number of aromatic nitrogens is 2. The van der Waals surface area contributed by atoms with Gasteiger partial charge in [-0.3, -0.25) is 4.79 Å². The molecule has 1 aromatic heterocycles. The van der Waals surface area contributed by atoms with Gasteiger partial charge in [0.15, 0.2) is 0 Å². The van der Waals surface area contributed by atoms with E-state index in [0.29, 0.717) is 24.2 Å². The maximum Gasteiger partial charge on any atom is 0.326 e. The highest BCUT2D eigenvalue weighted by Gasteiger charge is 2.33. The van der Waals surface area contributed by atoms with E-state index in [9.17, 15) is 14.7 Å². The van der Waals surface area contributed by atoms with Gasteiger partial charge in [0.2, 0.25) is 0 Å². The Kier molecular flexibility index (Phi) is 4.71. The van der Waals surface area contributed by atoms with Gasteiger partial charge in [0, 0.05) is 11.0 Å². The molecule has 1 aromatic carbocycles. The van der Waals surface area contributed by atoms with Gasteiger partial charge >= 0.3 is 5.97 Å². The van der Waals surface area contributed by atoms with Crippen LogP contribution >= 0.6 is 15.9 Å². The molecule has 2 aromatic rings. The molecule has 6 nitrogen and oxygen atoms in total. The lowest BCUT2D eigenvalue weighted by atomic mass is 10.0. The summed E-state index contributed by atoms with van der Waals surface area (Å²) < 4.78 is 2.61. The van der Waals surface area contributed by atoms with Crippen LogP contribution in [0.5, 0.6) is 0 Å². The number of amides is 1. The van der Waals surface area contributed by atoms with Crippen molar-refractivity contribution in [2.75, 3.05) is 6.54 Å². The van der Waals surface area contributed by atoms with E-state index < -0.39 is 12.0 Å². The van der Waals surface area contributed by atoms with Crippen molar-refractivity contribution in [2.24, 2.45) is 0 Å². The fourth-order valence-electron chi connectivity index (χ4n) is 3.07. The molecule has 0 spiro atoms. The highest BCUT2D eigenvalue weighted by Crippen LogP contribution is 2.23. The van der Waals surface area contributed by atoms with Crippen molar-refractivity contribution >= 4 is 27.8 Å². The van der Waals surface area contributed by atoms with E-state index in [0.717, 1.165) is 23.0 Å². The molecule has 7 heteroatoms. The normalized spacial score (nSPS) is 17.8. The lowest BCUT2D eigenvalue weighted by molar-refractivity contribution is -0.143. The van der Waals surface area contributed by atoms with Gasteiger partial charge in [-0.25, -0.2) is 9.48 Å². The monoisotopic (exact) mass is 391 g/mol. The third-order valence-corrected chi connectivity index (χ3v) is 4.83. The van der Waals surface area contributed by atoms with Crippen LogP contribution in [0.15, 0.2) is 34.9 Å². The summed E-state index contributed by atoms with van der Waals surface area (Å²) in [5.74, 6) is -1.21. The number of benzene rings is 1. The molecule has 24 heavy (non-hydrogen) atoms. The molecule has 1 N–H and O–H groups in total. The summed E-state index contributed by atoms with van der Waals surface area (Å²) in [5, 5.41) is 13.7. The second-order valence-corrected chi connectivity index (χ2v) is 6.80. The molecule has 126 valence electrons. The highest BCUT2D eigenvalue weighted by atomic mass is 79.9.